The van der Waals surface area contributed by atoms with Gasteiger partial charge in [0.05, 0.1) is 17.6 Å². The second kappa shape index (κ2) is 10.4. The van der Waals surface area contributed by atoms with Gasteiger partial charge in [-0.25, -0.2) is 0 Å². The number of likely N-dealkylation sites (tertiary alicyclic amines) is 1. The standard InChI is InChI=1S/C24H28F2N2O4/c1-15(2)31-18-10-11-20(16(3)13-18)27-22(29)17-7-6-12-28(14-17)23(30)19-8-4-5-9-21(19)32-24(25)26/h4-5,8-11,13,15,17,24H,6-7,12,14H2,1-3H3,(H,27,29). The average Bonchev–Trinajstić information content (AvgIpc) is 2.75. The third-order valence-electron chi connectivity index (χ3n) is 5.24. The molecule has 1 atom stereocenters. The quantitative estimate of drug-likeness (QED) is 0.659. The van der Waals surface area contributed by atoms with Crippen LogP contribution in [0, 0.1) is 12.8 Å². The van der Waals surface area contributed by atoms with Gasteiger partial charge in [-0.05, 0) is 69.5 Å². The second-order valence-electron chi connectivity index (χ2n) is 8.10. The molecule has 0 radical (unpaired) electrons. The smallest absolute Gasteiger partial charge is 0.387 e. The molecule has 1 N–H and O–H groups in total. The van der Waals surface area contributed by atoms with Crippen LogP contribution >= 0.6 is 0 Å². The normalized spacial score (nSPS) is 16.2. The van der Waals surface area contributed by atoms with Crippen molar-refractivity contribution in [1.82, 2.24) is 4.90 Å². The lowest BCUT2D eigenvalue weighted by molar-refractivity contribution is -0.121. The van der Waals surface area contributed by atoms with E-state index in [9.17, 15) is 18.4 Å². The van der Waals surface area contributed by atoms with Crippen LogP contribution in [0.1, 0.15) is 42.6 Å². The Kier molecular flexibility index (Phi) is 7.66. The van der Waals surface area contributed by atoms with Crippen molar-refractivity contribution in [2.45, 2.75) is 46.3 Å². The Morgan fingerprint density at radius 1 is 1.12 bits per heavy atom. The zero-order chi connectivity index (χ0) is 23.3. The highest BCUT2D eigenvalue weighted by Gasteiger charge is 2.30. The molecule has 0 spiro atoms. The van der Waals surface area contributed by atoms with Crippen molar-refractivity contribution >= 4 is 17.5 Å². The number of alkyl halides is 2. The number of nitrogens with one attached hydrogen (secondary N) is 1. The highest BCUT2D eigenvalue weighted by Crippen LogP contribution is 2.27. The van der Waals surface area contributed by atoms with E-state index < -0.39 is 18.4 Å². The van der Waals surface area contributed by atoms with Gasteiger partial charge in [0.1, 0.15) is 11.5 Å². The van der Waals surface area contributed by atoms with Crippen molar-refractivity contribution in [1.29, 1.82) is 0 Å². The summed E-state index contributed by atoms with van der Waals surface area (Å²) in [5, 5.41) is 2.94. The van der Waals surface area contributed by atoms with E-state index in [0.717, 1.165) is 11.3 Å². The van der Waals surface area contributed by atoms with Gasteiger partial charge in [0.2, 0.25) is 5.91 Å². The van der Waals surface area contributed by atoms with E-state index in [0.29, 0.717) is 25.1 Å². The van der Waals surface area contributed by atoms with Crippen LogP contribution in [0.4, 0.5) is 14.5 Å². The lowest BCUT2D eigenvalue weighted by Crippen LogP contribution is -2.44. The minimum Gasteiger partial charge on any atom is -0.491 e. The number of carbonyl (C=O) groups is 2. The lowest BCUT2D eigenvalue weighted by atomic mass is 9.96. The Hall–Kier alpha value is -3.16. The molecule has 32 heavy (non-hydrogen) atoms. The predicted octanol–water partition coefficient (Wildman–Crippen LogP) is 4.87. The maximum absolute atomic E-state index is 13.0. The first-order valence-electron chi connectivity index (χ1n) is 10.7. The molecule has 2 aromatic carbocycles. The molecule has 0 aliphatic carbocycles. The first-order chi connectivity index (χ1) is 15.2. The number of aryl methyl sites for hydroxylation is 1. The minimum absolute atomic E-state index is 0.0526. The summed E-state index contributed by atoms with van der Waals surface area (Å²) in [7, 11) is 0. The van der Waals surface area contributed by atoms with Gasteiger partial charge >= 0.3 is 6.61 Å². The maximum Gasteiger partial charge on any atom is 0.387 e. The van der Waals surface area contributed by atoms with Gasteiger partial charge in [-0.15, -0.1) is 0 Å². The zero-order valence-electron chi connectivity index (χ0n) is 18.4. The maximum atomic E-state index is 13.0. The Balaban J connectivity index is 1.67. The lowest BCUT2D eigenvalue weighted by Gasteiger charge is -2.32. The van der Waals surface area contributed by atoms with Gasteiger partial charge in [-0.2, -0.15) is 8.78 Å². The molecule has 8 heteroatoms. The number of rotatable bonds is 7. The Labute approximate surface area is 186 Å². The Bertz CT molecular complexity index is 965. The number of ether oxygens (including phenoxy) is 2. The second-order valence-corrected chi connectivity index (χ2v) is 8.10. The van der Waals surface area contributed by atoms with Crippen molar-refractivity contribution in [3.63, 3.8) is 0 Å². The van der Waals surface area contributed by atoms with Crippen LogP contribution in [0.15, 0.2) is 42.5 Å². The summed E-state index contributed by atoms with van der Waals surface area (Å²) in [6.45, 7) is 3.41. The number of hydrogen-bond acceptors (Lipinski definition) is 4. The number of benzene rings is 2. The molecular formula is C24H28F2N2O4. The van der Waals surface area contributed by atoms with Gasteiger partial charge in [-0.1, -0.05) is 12.1 Å². The monoisotopic (exact) mass is 446 g/mol. The van der Waals surface area contributed by atoms with Gasteiger partial charge in [0.15, 0.2) is 0 Å². The molecule has 1 heterocycles. The van der Waals surface area contributed by atoms with E-state index in [1.54, 1.807) is 18.2 Å². The van der Waals surface area contributed by atoms with Crippen LogP contribution in [-0.2, 0) is 4.79 Å². The molecule has 1 saturated heterocycles. The topological polar surface area (TPSA) is 67.9 Å². The fourth-order valence-corrected chi connectivity index (χ4v) is 3.74. The third-order valence-corrected chi connectivity index (χ3v) is 5.24. The number of halogens is 2. The molecule has 0 saturated carbocycles. The molecule has 172 valence electrons. The molecular weight excluding hydrogens is 418 g/mol. The summed E-state index contributed by atoms with van der Waals surface area (Å²) in [6, 6.07) is 11.4. The Morgan fingerprint density at radius 2 is 1.88 bits per heavy atom. The van der Waals surface area contributed by atoms with Crippen molar-refractivity contribution in [2.24, 2.45) is 5.92 Å². The molecule has 0 aromatic heterocycles. The molecule has 2 aromatic rings. The molecule has 3 rings (SSSR count). The Morgan fingerprint density at radius 3 is 2.56 bits per heavy atom. The van der Waals surface area contributed by atoms with E-state index in [4.69, 9.17) is 4.74 Å². The molecule has 6 nitrogen and oxygen atoms in total. The van der Waals surface area contributed by atoms with Crippen LogP contribution in [0.2, 0.25) is 0 Å². The van der Waals surface area contributed by atoms with Gasteiger partial charge in [-0.3, -0.25) is 9.59 Å². The average molecular weight is 446 g/mol. The number of para-hydroxylation sites is 1. The van der Waals surface area contributed by atoms with E-state index in [2.05, 4.69) is 10.1 Å². The van der Waals surface area contributed by atoms with Gasteiger partial charge < -0.3 is 19.7 Å². The van der Waals surface area contributed by atoms with Crippen LogP contribution in [0.3, 0.4) is 0 Å². The minimum atomic E-state index is -3.02. The SMILES string of the molecule is Cc1cc(OC(C)C)ccc1NC(=O)C1CCCN(C(=O)c2ccccc2OC(F)F)C1. The first kappa shape index (κ1) is 23.5. The summed E-state index contributed by atoms with van der Waals surface area (Å²) < 4.78 is 35.5. The highest BCUT2D eigenvalue weighted by molar-refractivity contribution is 5.98. The summed E-state index contributed by atoms with van der Waals surface area (Å²) in [6.07, 6.45) is 1.33. The molecule has 0 bridgehead atoms. The fourth-order valence-electron chi connectivity index (χ4n) is 3.74. The first-order valence-corrected chi connectivity index (χ1v) is 10.7. The molecule has 1 unspecified atom stereocenters. The van der Waals surface area contributed by atoms with Crippen molar-refractivity contribution in [3.8, 4) is 11.5 Å². The van der Waals surface area contributed by atoms with Crippen molar-refractivity contribution in [2.75, 3.05) is 18.4 Å². The fraction of sp³-hybridized carbons (Fsp3) is 0.417. The van der Waals surface area contributed by atoms with E-state index in [1.165, 1.54) is 23.1 Å². The molecule has 1 fully saturated rings. The van der Waals surface area contributed by atoms with Crippen LogP contribution in [0.5, 0.6) is 11.5 Å². The van der Waals surface area contributed by atoms with Gasteiger partial charge in [0, 0.05) is 18.8 Å². The highest BCUT2D eigenvalue weighted by atomic mass is 19.3. The molecule has 1 aliphatic heterocycles. The van der Waals surface area contributed by atoms with Crippen molar-refractivity contribution < 1.29 is 27.8 Å². The van der Waals surface area contributed by atoms with Crippen molar-refractivity contribution in [3.05, 3.63) is 53.6 Å². The molecule has 1 aliphatic rings. The summed E-state index contributed by atoms with van der Waals surface area (Å²) >= 11 is 0. The van der Waals surface area contributed by atoms with E-state index in [1.807, 2.05) is 26.8 Å². The third kappa shape index (κ3) is 5.96. The summed E-state index contributed by atoms with van der Waals surface area (Å²) in [5.74, 6) is -0.444. The molecule has 2 amide bonds. The summed E-state index contributed by atoms with van der Waals surface area (Å²) in [4.78, 5) is 27.4. The van der Waals surface area contributed by atoms with E-state index >= 15 is 0 Å². The van der Waals surface area contributed by atoms with Gasteiger partial charge in [0.25, 0.3) is 5.91 Å². The summed E-state index contributed by atoms with van der Waals surface area (Å²) in [5.41, 5.74) is 1.62. The van der Waals surface area contributed by atoms with Crippen LogP contribution in [-0.4, -0.2) is 42.5 Å². The number of piperidine rings is 1. The number of anilines is 1. The predicted molar refractivity (Wildman–Crippen MR) is 117 cm³/mol. The van der Waals surface area contributed by atoms with E-state index in [-0.39, 0.29) is 29.9 Å². The van der Waals surface area contributed by atoms with Crippen LogP contribution in [0.25, 0.3) is 0 Å². The number of amides is 2. The van der Waals surface area contributed by atoms with Crippen LogP contribution < -0.4 is 14.8 Å². The zero-order valence-corrected chi connectivity index (χ0v) is 18.4. The number of nitrogens with zero attached hydrogens (tertiary/aromatic N) is 1. The largest absolute Gasteiger partial charge is 0.491 e. The number of carbonyl (C=O) groups excluding carboxylic acids is 2. The number of hydrogen-bond donors (Lipinski definition) is 1.